The second kappa shape index (κ2) is 8.28. The maximum Gasteiger partial charge on any atom is 0.0949 e. The van der Waals surface area contributed by atoms with Gasteiger partial charge in [-0.05, 0) is 31.4 Å². The van der Waals surface area contributed by atoms with Gasteiger partial charge in [-0.25, -0.2) is 0 Å². The van der Waals surface area contributed by atoms with Gasteiger partial charge in [-0.2, -0.15) is 0 Å². The summed E-state index contributed by atoms with van der Waals surface area (Å²) in [7, 11) is 0. The second-order valence-electron chi connectivity index (χ2n) is 5.33. The van der Waals surface area contributed by atoms with E-state index in [-0.39, 0.29) is 6.10 Å². The van der Waals surface area contributed by atoms with Crippen LogP contribution in [0.4, 0.5) is 0 Å². The first-order chi connectivity index (χ1) is 8.63. The predicted molar refractivity (Wildman–Crippen MR) is 77.9 cm³/mol. The van der Waals surface area contributed by atoms with Gasteiger partial charge in [0.05, 0.1) is 6.10 Å². The zero-order valence-corrected chi connectivity index (χ0v) is 12.2. The molecule has 0 saturated carbocycles. The fourth-order valence-corrected chi connectivity index (χ4v) is 1.86. The summed E-state index contributed by atoms with van der Waals surface area (Å²) < 4.78 is 6.03. The molecule has 0 aliphatic carbocycles. The van der Waals surface area contributed by atoms with Crippen LogP contribution in [-0.2, 0) is 4.74 Å². The molecule has 0 bridgehead atoms. The smallest absolute Gasteiger partial charge is 0.0949 e. The number of hydrogen-bond acceptors (Lipinski definition) is 2. The molecule has 1 N–H and O–H groups in total. The molecule has 0 saturated heterocycles. The van der Waals surface area contributed by atoms with Gasteiger partial charge in [0.1, 0.15) is 0 Å². The summed E-state index contributed by atoms with van der Waals surface area (Å²) in [6.07, 6.45) is 1.32. The van der Waals surface area contributed by atoms with E-state index in [1.54, 1.807) is 0 Å². The molecule has 102 valence electrons. The van der Waals surface area contributed by atoms with Crippen LogP contribution in [-0.4, -0.2) is 19.7 Å². The van der Waals surface area contributed by atoms with Crippen molar-refractivity contribution >= 4 is 0 Å². The molecule has 1 atom stereocenters. The van der Waals surface area contributed by atoms with Crippen molar-refractivity contribution in [1.82, 2.24) is 5.32 Å². The minimum Gasteiger partial charge on any atom is -0.372 e. The third-order valence-corrected chi connectivity index (χ3v) is 2.80. The van der Waals surface area contributed by atoms with E-state index in [0.717, 1.165) is 26.1 Å². The molecule has 0 heterocycles. The first-order valence-electron chi connectivity index (χ1n) is 7.02. The second-order valence-corrected chi connectivity index (χ2v) is 5.33. The van der Waals surface area contributed by atoms with Gasteiger partial charge in [-0.15, -0.1) is 0 Å². The van der Waals surface area contributed by atoms with Crippen molar-refractivity contribution in [3.63, 3.8) is 0 Å². The Bertz CT molecular complexity index is 336. The van der Waals surface area contributed by atoms with E-state index in [0.29, 0.717) is 5.92 Å². The van der Waals surface area contributed by atoms with Crippen molar-refractivity contribution in [3.05, 3.63) is 35.4 Å². The van der Waals surface area contributed by atoms with Crippen LogP contribution in [0.25, 0.3) is 0 Å². The summed E-state index contributed by atoms with van der Waals surface area (Å²) in [6.45, 7) is 11.4. The summed E-state index contributed by atoms with van der Waals surface area (Å²) >= 11 is 0. The number of nitrogens with one attached hydrogen (secondary N) is 1. The maximum absolute atomic E-state index is 6.03. The Balaban J connectivity index is 2.63. The largest absolute Gasteiger partial charge is 0.372 e. The van der Waals surface area contributed by atoms with Gasteiger partial charge in [0, 0.05) is 13.2 Å². The molecule has 0 amide bonds. The lowest BCUT2D eigenvalue weighted by Crippen LogP contribution is -2.25. The first kappa shape index (κ1) is 15.2. The molecule has 2 heteroatoms. The average molecular weight is 249 g/mol. The Kier molecular flexibility index (Phi) is 6.99. The van der Waals surface area contributed by atoms with Crippen LogP contribution in [0.5, 0.6) is 0 Å². The van der Waals surface area contributed by atoms with E-state index in [1.807, 2.05) is 0 Å². The summed E-state index contributed by atoms with van der Waals surface area (Å²) in [4.78, 5) is 0. The molecule has 0 fully saturated rings. The third-order valence-electron chi connectivity index (χ3n) is 2.80. The van der Waals surface area contributed by atoms with Crippen molar-refractivity contribution in [2.75, 3.05) is 19.7 Å². The van der Waals surface area contributed by atoms with Gasteiger partial charge < -0.3 is 10.1 Å². The van der Waals surface area contributed by atoms with Crippen LogP contribution in [0.15, 0.2) is 24.3 Å². The van der Waals surface area contributed by atoms with E-state index in [9.17, 15) is 0 Å². The zero-order valence-electron chi connectivity index (χ0n) is 12.2. The van der Waals surface area contributed by atoms with Crippen LogP contribution < -0.4 is 5.32 Å². The van der Waals surface area contributed by atoms with Gasteiger partial charge in [0.2, 0.25) is 0 Å². The fraction of sp³-hybridized carbons (Fsp3) is 0.625. The van der Waals surface area contributed by atoms with E-state index in [4.69, 9.17) is 4.74 Å². The molecule has 0 aliphatic heterocycles. The Labute approximate surface area is 112 Å². The predicted octanol–water partition coefficient (Wildman–Crippen LogP) is 3.71. The molecule has 1 aromatic carbocycles. The molecule has 2 nitrogen and oxygen atoms in total. The number of rotatable bonds is 8. The van der Waals surface area contributed by atoms with Crippen LogP contribution in [0, 0.1) is 12.8 Å². The molecule has 1 rings (SSSR count). The number of aryl methyl sites for hydroxylation is 1. The molecule has 0 aliphatic rings. The molecule has 0 aromatic heterocycles. The minimum atomic E-state index is 0.166. The topological polar surface area (TPSA) is 21.3 Å². The summed E-state index contributed by atoms with van der Waals surface area (Å²) in [5.74, 6) is 0.573. The standard InChI is InChI=1S/C16H27NO/c1-5-9-17-11-16(18-12-13(2)3)15-8-6-7-14(4)10-15/h6-8,10,13,16-17H,5,9,11-12H2,1-4H3. The molecular weight excluding hydrogens is 222 g/mol. The minimum absolute atomic E-state index is 0.166. The highest BCUT2D eigenvalue weighted by atomic mass is 16.5. The van der Waals surface area contributed by atoms with Gasteiger partial charge in [-0.3, -0.25) is 0 Å². The Morgan fingerprint density at radius 2 is 2.06 bits per heavy atom. The van der Waals surface area contributed by atoms with Crippen molar-refractivity contribution < 1.29 is 4.74 Å². The van der Waals surface area contributed by atoms with Crippen molar-refractivity contribution in [2.24, 2.45) is 5.92 Å². The molecule has 1 aromatic rings. The van der Waals surface area contributed by atoms with E-state index < -0.39 is 0 Å². The quantitative estimate of drug-likeness (QED) is 0.709. The highest BCUT2D eigenvalue weighted by Crippen LogP contribution is 2.18. The number of ether oxygens (including phenoxy) is 1. The molecule has 0 spiro atoms. The average Bonchev–Trinajstić information content (AvgIpc) is 2.33. The van der Waals surface area contributed by atoms with Crippen LogP contribution >= 0.6 is 0 Å². The summed E-state index contributed by atoms with van der Waals surface area (Å²) in [6, 6.07) is 8.61. The Morgan fingerprint density at radius 3 is 2.67 bits per heavy atom. The Hall–Kier alpha value is -0.860. The van der Waals surface area contributed by atoms with Gasteiger partial charge in [-0.1, -0.05) is 50.6 Å². The van der Waals surface area contributed by atoms with Gasteiger partial charge in [0.15, 0.2) is 0 Å². The van der Waals surface area contributed by atoms with E-state index in [2.05, 4.69) is 57.3 Å². The normalized spacial score (nSPS) is 12.9. The monoisotopic (exact) mass is 249 g/mol. The lowest BCUT2D eigenvalue weighted by Gasteiger charge is -2.20. The number of benzene rings is 1. The van der Waals surface area contributed by atoms with Crippen molar-refractivity contribution in [2.45, 2.75) is 40.2 Å². The molecule has 0 radical (unpaired) electrons. The van der Waals surface area contributed by atoms with Crippen molar-refractivity contribution in [1.29, 1.82) is 0 Å². The highest BCUT2D eigenvalue weighted by molar-refractivity contribution is 5.24. The van der Waals surface area contributed by atoms with Crippen LogP contribution in [0.3, 0.4) is 0 Å². The zero-order chi connectivity index (χ0) is 13.4. The van der Waals surface area contributed by atoms with Crippen molar-refractivity contribution in [3.8, 4) is 0 Å². The maximum atomic E-state index is 6.03. The lowest BCUT2D eigenvalue weighted by atomic mass is 10.1. The molecule has 1 unspecified atom stereocenters. The molecule has 18 heavy (non-hydrogen) atoms. The van der Waals surface area contributed by atoms with Crippen LogP contribution in [0.1, 0.15) is 44.4 Å². The Morgan fingerprint density at radius 1 is 1.28 bits per heavy atom. The first-order valence-corrected chi connectivity index (χ1v) is 7.02. The fourth-order valence-electron chi connectivity index (χ4n) is 1.86. The summed E-state index contributed by atoms with van der Waals surface area (Å²) in [5, 5.41) is 3.45. The van der Waals surface area contributed by atoms with Gasteiger partial charge >= 0.3 is 0 Å². The third kappa shape index (κ3) is 5.65. The van der Waals surface area contributed by atoms with Gasteiger partial charge in [0.25, 0.3) is 0 Å². The molecular formula is C16H27NO. The number of hydrogen-bond donors (Lipinski definition) is 1. The summed E-state index contributed by atoms with van der Waals surface area (Å²) in [5.41, 5.74) is 2.57. The SMILES string of the molecule is CCCNCC(OCC(C)C)c1cccc(C)c1. The highest BCUT2D eigenvalue weighted by Gasteiger charge is 2.12. The lowest BCUT2D eigenvalue weighted by molar-refractivity contribution is 0.0352. The van der Waals surface area contributed by atoms with Crippen LogP contribution in [0.2, 0.25) is 0 Å². The van der Waals surface area contributed by atoms with E-state index >= 15 is 0 Å². The van der Waals surface area contributed by atoms with E-state index in [1.165, 1.54) is 11.1 Å².